The maximum absolute atomic E-state index is 6.54. The average Bonchev–Trinajstić information content (AvgIpc) is 3.96. The molecule has 0 atom stereocenters. The third-order valence-electron chi connectivity index (χ3n) is 11.1. The van der Waals surface area contributed by atoms with Gasteiger partial charge in [-0.15, -0.1) is 11.3 Å². The van der Waals surface area contributed by atoms with Crippen LogP contribution in [0.15, 0.2) is 186 Å². The Hall–Kier alpha value is -7.41. The summed E-state index contributed by atoms with van der Waals surface area (Å²) in [5.41, 5.74) is 10.1. The van der Waals surface area contributed by atoms with Crippen molar-refractivity contribution >= 4 is 75.3 Å². The summed E-state index contributed by atoms with van der Waals surface area (Å²) in [5.74, 6) is 1.87. The minimum Gasteiger partial charge on any atom is -0.456 e. The highest BCUT2D eigenvalue weighted by molar-refractivity contribution is 7.26. The monoisotopic (exact) mass is 746 g/mol. The van der Waals surface area contributed by atoms with Crippen molar-refractivity contribution in [2.45, 2.75) is 0 Å². The zero-order chi connectivity index (χ0) is 37.5. The molecule has 57 heavy (non-hydrogen) atoms. The van der Waals surface area contributed by atoms with Crippen LogP contribution in [0.2, 0.25) is 0 Å². The molecular formula is C51H30N4OS. The van der Waals surface area contributed by atoms with Gasteiger partial charge in [-0.05, 0) is 65.7 Å². The summed E-state index contributed by atoms with van der Waals surface area (Å²) < 4.78 is 11.3. The zero-order valence-electron chi connectivity index (χ0n) is 30.4. The Morgan fingerprint density at radius 1 is 0.404 bits per heavy atom. The van der Waals surface area contributed by atoms with Crippen LogP contribution in [0.3, 0.4) is 0 Å². The zero-order valence-corrected chi connectivity index (χ0v) is 31.2. The van der Waals surface area contributed by atoms with Crippen LogP contribution in [0.1, 0.15) is 0 Å². The fraction of sp³-hybridized carbons (Fsp3) is 0. The molecular weight excluding hydrogens is 717 g/mol. The Balaban J connectivity index is 1.06. The summed E-state index contributed by atoms with van der Waals surface area (Å²) in [7, 11) is 0. The van der Waals surface area contributed by atoms with Crippen molar-refractivity contribution in [1.82, 2.24) is 19.5 Å². The Bertz CT molecular complexity index is 3530. The van der Waals surface area contributed by atoms with Crippen LogP contribution in [0, 0.1) is 0 Å². The lowest BCUT2D eigenvalue weighted by Gasteiger charge is -2.10. The van der Waals surface area contributed by atoms with Crippen molar-refractivity contribution < 1.29 is 4.42 Å². The summed E-state index contributed by atoms with van der Waals surface area (Å²) in [6, 6.07) is 63.8. The smallest absolute Gasteiger partial charge is 0.165 e. The predicted molar refractivity (Wildman–Crippen MR) is 236 cm³/mol. The fourth-order valence-electron chi connectivity index (χ4n) is 8.45. The van der Waals surface area contributed by atoms with E-state index in [4.69, 9.17) is 19.4 Å². The number of fused-ring (bicyclic) bond motifs is 9. The second kappa shape index (κ2) is 12.6. The van der Waals surface area contributed by atoms with Crippen molar-refractivity contribution in [3.63, 3.8) is 0 Å². The standard InChI is InChI=1S/C51H30N4OS/c1-3-13-31(14-4-1)49-52-50(54-51(53-49)40-21-11-19-38-37-18-8-10-24-46(37)57-48(38)40)39-20-12-23-45-47(39)41-29-32(26-28-44(41)56-45)33-25-27-36-35-17-7-9-22-42(35)55(43(36)30-33)34-15-5-2-6-16-34/h1-30H. The molecule has 12 aromatic rings. The van der Waals surface area contributed by atoms with Crippen LogP contribution >= 0.6 is 11.3 Å². The van der Waals surface area contributed by atoms with E-state index in [2.05, 4.69) is 156 Å². The summed E-state index contributed by atoms with van der Waals surface area (Å²) in [6.07, 6.45) is 0. The van der Waals surface area contributed by atoms with Crippen molar-refractivity contribution in [3.8, 4) is 51.0 Å². The highest BCUT2D eigenvalue weighted by atomic mass is 32.1. The van der Waals surface area contributed by atoms with Crippen LogP contribution in [0.5, 0.6) is 0 Å². The van der Waals surface area contributed by atoms with E-state index in [1.807, 2.05) is 30.3 Å². The maximum Gasteiger partial charge on any atom is 0.165 e. The minimum atomic E-state index is 0.601. The number of aromatic nitrogens is 4. The van der Waals surface area contributed by atoms with E-state index in [-0.39, 0.29) is 0 Å². The first-order valence-electron chi connectivity index (χ1n) is 19.0. The Labute approximate surface area is 330 Å². The van der Waals surface area contributed by atoms with Crippen molar-refractivity contribution in [2.75, 3.05) is 0 Å². The fourth-order valence-corrected chi connectivity index (χ4v) is 9.67. The first kappa shape index (κ1) is 31.9. The van der Waals surface area contributed by atoms with E-state index >= 15 is 0 Å². The normalized spacial score (nSPS) is 11.9. The number of rotatable bonds is 5. The molecule has 0 unspecified atom stereocenters. The molecule has 8 aromatic carbocycles. The molecule has 6 heteroatoms. The summed E-state index contributed by atoms with van der Waals surface area (Å²) in [6.45, 7) is 0. The molecule has 0 amide bonds. The SMILES string of the molecule is c1ccc(-c2nc(-c3cccc4c3sc3ccccc34)nc(-c3cccc4oc5ccc(-c6ccc7c8ccccc8n(-c8ccccc8)c7c6)cc5c34)n2)cc1. The van der Waals surface area contributed by atoms with Gasteiger partial charge >= 0.3 is 0 Å². The van der Waals surface area contributed by atoms with E-state index < -0.39 is 0 Å². The van der Waals surface area contributed by atoms with Gasteiger partial charge in [0.25, 0.3) is 0 Å². The minimum absolute atomic E-state index is 0.601. The molecule has 5 nitrogen and oxygen atoms in total. The summed E-state index contributed by atoms with van der Waals surface area (Å²) in [4.78, 5) is 15.6. The number of hydrogen-bond acceptors (Lipinski definition) is 5. The lowest BCUT2D eigenvalue weighted by Crippen LogP contribution is -2.00. The van der Waals surface area contributed by atoms with Gasteiger partial charge in [0.05, 0.1) is 11.0 Å². The van der Waals surface area contributed by atoms with Gasteiger partial charge in [0.2, 0.25) is 0 Å². The molecule has 0 aliphatic rings. The number of hydrogen-bond donors (Lipinski definition) is 0. The first-order chi connectivity index (χ1) is 28.2. The topological polar surface area (TPSA) is 56.7 Å². The second-order valence-electron chi connectivity index (χ2n) is 14.4. The van der Waals surface area contributed by atoms with E-state index in [1.165, 1.54) is 31.8 Å². The molecule has 0 aliphatic carbocycles. The molecule has 0 saturated carbocycles. The Morgan fingerprint density at radius 3 is 1.93 bits per heavy atom. The van der Waals surface area contributed by atoms with Gasteiger partial charge in [-0.1, -0.05) is 127 Å². The van der Waals surface area contributed by atoms with Gasteiger partial charge in [-0.3, -0.25) is 0 Å². The Morgan fingerprint density at radius 2 is 1.05 bits per heavy atom. The second-order valence-corrected chi connectivity index (χ2v) is 15.4. The first-order valence-corrected chi connectivity index (χ1v) is 19.8. The third-order valence-corrected chi connectivity index (χ3v) is 12.3. The van der Waals surface area contributed by atoms with Gasteiger partial charge < -0.3 is 8.98 Å². The number of nitrogens with zero attached hydrogens (tertiary/aromatic N) is 4. The molecule has 12 rings (SSSR count). The van der Waals surface area contributed by atoms with Gasteiger partial charge in [0.15, 0.2) is 17.5 Å². The molecule has 0 saturated heterocycles. The van der Waals surface area contributed by atoms with Crippen molar-refractivity contribution in [1.29, 1.82) is 0 Å². The van der Waals surface area contributed by atoms with Crippen LogP contribution in [0.25, 0.3) is 115 Å². The number of para-hydroxylation sites is 2. The molecule has 0 N–H and O–H groups in total. The molecule has 0 fully saturated rings. The van der Waals surface area contributed by atoms with Gasteiger partial charge in [-0.2, -0.15) is 0 Å². The number of benzene rings is 8. The molecule has 0 bridgehead atoms. The Kier molecular flexibility index (Phi) is 7.03. The summed E-state index contributed by atoms with van der Waals surface area (Å²) >= 11 is 1.78. The highest BCUT2D eigenvalue weighted by Gasteiger charge is 2.21. The van der Waals surface area contributed by atoms with Gasteiger partial charge in [0.1, 0.15) is 11.2 Å². The predicted octanol–water partition coefficient (Wildman–Crippen LogP) is 13.9. The van der Waals surface area contributed by atoms with Crippen LogP contribution in [-0.2, 0) is 0 Å². The van der Waals surface area contributed by atoms with Gasteiger partial charge in [-0.25, -0.2) is 15.0 Å². The quantitative estimate of drug-likeness (QED) is 0.176. The molecule has 0 spiro atoms. The van der Waals surface area contributed by atoms with E-state index in [9.17, 15) is 0 Å². The lowest BCUT2D eigenvalue weighted by molar-refractivity contribution is 0.669. The third kappa shape index (κ3) is 5.04. The van der Waals surface area contributed by atoms with Crippen molar-refractivity contribution in [3.05, 3.63) is 182 Å². The molecule has 266 valence electrons. The lowest BCUT2D eigenvalue weighted by atomic mass is 9.99. The molecule has 0 radical (unpaired) electrons. The van der Waals surface area contributed by atoms with Crippen LogP contribution in [-0.4, -0.2) is 19.5 Å². The van der Waals surface area contributed by atoms with Crippen LogP contribution < -0.4 is 0 Å². The summed E-state index contributed by atoms with van der Waals surface area (Å²) in [5, 5.41) is 6.89. The number of thiophene rings is 1. The largest absolute Gasteiger partial charge is 0.456 e. The van der Waals surface area contributed by atoms with E-state index in [0.29, 0.717) is 17.5 Å². The maximum atomic E-state index is 6.54. The van der Waals surface area contributed by atoms with Crippen LogP contribution in [0.4, 0.5) is 0 Å². The average molecular weight is 747 g/mol. The molecule has 0 aliphatic heterocycles. The van der Waals surface area contributed by atoms with E-state index in [1.54, 1.807) is 11.3 Å². The van der Waals surface area contributed by atoms with Crippen molar-refractivity contribution in [2.24, 2.45) is 0 Å². The molecule has 4 aromatic heterocycles. The van der Waals surface area contributed by atoms with E-state index in [0.717, 1.165) is 65.7 Å². The van der Waals surface area contributed by atoms with Gasteiger partial charge in [0, 0.05) is 64.1 Å². The molecule has 4 heterocycles. The highest BCUT2D eigenvalue weighted by Crippen LogP contribution is 2.42. The number of furan rings is 1.